The van der Waals surface area contributed by atoms with Gasteiger partial charge in [-0.25, -0.2) is 4.79 Å². The molecule has 170 valence electrons. The molecule has 2 aromatic rings. The minimum atomic E-state index is -4.36. The molecule has 0 aromatic heterocycles. The summed E-state index contributed by atoms with van der Waals surface area (Å²) in [4.78, 5) is 12.3. The molecular formula is C23H27F3O4S. The van der Waals surface area contributed by atoms with Crippen molar-refractivity contribution in [2.45, 2.75) is 50.8 Å². The van der Waals surface area contributed by atoms with Crippen molar-refractivity contribution >= 4 is 17.7 Å². The second-order valence-electron chi connectivity index (χ2n) is 7.76. The van der Waals surface area contributed by atoms with Crippen LogP contribution in [0.2, 0.25) is 0 Å². The molecule has 0 aliphatic carbocycles. The second-order valence-corrected chi connectivity index (χ2v) is 8.86. The van der Waals surface area contributed by atoms with E-state index in [0.29, 0.717) is 18.1 Å². The van der Waals surface area contributed by atoms with Gasteiger partial charge in [-0.1, -0.05) is 6.92 Å². The molecule has 0 bridgehead atoms. The summed E-state index contributed by atoms with van der Waals surface area (Å²) in [5, 5.41) is 9.21. The first-order chi connectivity index (χ1) is 14.4. The van der Waals surface area contributed by atoms with Crippen LogP contribution < -0.4 is 9.47 Å². The van der Waals surface area contributed by atoms with Crippen LogP contribution in [0.3, 0.4) is 0 Å². The summed E-state index contributed by atoms with van der Waals surface area (Å²) in [6, 6.07) is 10.3. The van der Waals surface area contributed by atoms with Crippen molar-refractivity contribution in [1.82, 2.24) is 0 Å². The highest BCUT2D eigenvalue weighted by molar-refractivity contribution is 7.99. The first kappa shape index (κ1) is 24.9. The van der Waals surface area contributed by atoms with Gasteiger partial charge in [0.05, 0.1) is 12.2 Å². The summed E-state index contributed by atoms with van der Waals surface area (Å²) in [7, 11) is 0. The summed E-state index contributed by atoms with van der Waals surface area (Å²) in [6.45, 7) is 7.31. The molecule has 0 saturated heterocycles. The molecule has 1 atom stereocenters. The van der Waals surface area contributed by atoms with Crippen molar-refractivity contribution in [2.24, 2.45) is 5.92 Å². The fourth-order valence-electron chi connectivity index (χ4n) is 2.60. The van der Waals surface area contributed by atoms with E-state index in [9.17, 15) is 23.1 Å². The molecule has 0 aliphatic heterocycles. The number of aryl methyl sites for hydroxylation is 1. The van der Waals surface area contributed by atoms with Gasteiger partial charge in [-0.3, -0.25) is 0 Å². The lowest BCUT2D eigenvalue weighted by Crippen LogP contribution is -2.38. The average Bonchev–Trinajstić information content (AvgIpc) is 2.69. The van der Waals surface area contributed by atoms with E-state index in [4.69, 9.17) is 9.47 Å². The van der Waals surface area contributed by atoms with Crippen LogP contribution in [0.15, 0.2) is 47.4 Å². The average molecular weight is 457 g/mol. The van der Waals surface area contributed by atoms with Gasteiger partial charge >= 0.3 is 12.1 Å². The number of ether oxygens (including phenoxy) is 2. The normalized spacial score (nSPS) is 13.0. The van der Waals surface area contributed by atoms with Crippen LogP contribution in [-0.4, -0.2) is 29.0 Å². The summed E-state index contributed by atoms with van der Waals surface area (Å²) in [5.41, 5.74) is -1.17. The summed E-state index contributed by atoms with van der Waals surface area (Å²) < 4.78 is 49.2. The zero-order chi connectivity index (χ0) is 23.2. The van der Waals surface area contributed by atoms with Crippen LogP contribution in [0.5, 0.6) is 11.5 Å². The maximum atomic E-state index is 12.6. The van der Waals surface area contributed by atoms with E-state index in [1.165, 1.54) is 26.0 Å². The first-order valence-corrected chi connectivity index (χ1v) is 10.9. The van der Waals surface area contributed by atoms with Gasteiger partial charge in [0.2, 0.25) is 0 Å². The fraction of sp³-hybridized carbons (Fsp3) is 0.435. The lowest BCUT2D eigenvalue weighted by atomic mass is 10.1. The smallest absolute Gasteiger partial charge is 0.416 e. The van der Waals surface area contributed by atoms with Crippen molar-refractivity contribution in [2.75, 3.05) is 12.4 Å². The topological polar surface area (TPSA) is 55.8 Å². The van der Waals surface area contributed by atoms with E-state index in [1.807, 2.05) is 26.0 Å². The number of halogens is 3. The Labute approximate surface area is 184 Å². The number of carboxylic acid groups (broad SMARTS) is 1. The Balaban J connectivity index is 1.90. The largest absolute Gasteiger partial charge is 0.493 e. The molecule has 0 amide bonds. The van der Waals surface area contributed by atoms with Gasteiger partial charge in [-0.2, -0.15) is 13.2 Å². The minimum Gasteiger partial charge on any atom is -0.493 e. The fourth-order valence-corrected chi connectivity index (χ4v) is 3.78. The maximum absolute atomic E-state index is 12.6. The zero-order valence-corrected chi connectivity index (χ0v) is 18.8. The van der Waals surface area contributed by atoms with Crippen molar-refractivity contribution in [1.29, 1.82) is 0 Å². The van der Waals surface area contributed by atoms with E-state index < -0.39 is 23.3 Å². The third kappa shape index (κ3) is 7.38. The lowest BCUT2D eigenvalue weighted by molar-refractivity contribution is -0.152. The quantitative estimate of drug-likeness (QED) is 0.416. The van der Waals surface area contributed by atoms with Gasteiger partial charge in [0.15, 0.2) is 5.60 Å². The highest BCUT2D eigenvalue weighted by atomic mass is 32.2. The molecule has 2 aromatic carbocycles. The Morgan fingerprint density at radius 1 is 1.13 bits per heavy atom. The summed E-state index contributed by atoms with van der Waals surface area (Å²) in [6.07, 6.45) is -3.50. The van der Waals surface area contributed by atoms with Crippen molar-refractivity contribution in [3.05, 3.63) is 53.6 Å². The lowest BCUT2D eigenvalue weighted by Gasteiger charge is -2.23. The Morgan fingerprint density at radius 2 is 1.77 bits per heavy atom. The van der Waals surface area contributed by atoms with Gasteiger partial charge in [0.25, 0.3) is 0 Å². The second kappa shape index (κ2) is 10.3. The third-order valence-corrected chi connectivity index (χ3v) is 5.98. The number of aliphatic carboxylic acids is 1. The van der Waals surface area contributed by atoms with Crippen molar-refractivity contribution < 1.29 is 32.5 Å². The van der Waals surface area contributed by atoms with E-state index >= 15 is 0 Å². The SMILES string of the molecule is CCC(COc1ccc(C(F)(F)F)cc1)CSc1ccc(OC(C)(C)C(=O)O)c(C)c1. The van der Waals surface area contributed by atoms with Crippen LogP contribution in [0.1, 0.15) is 38.3 Å². The van der Waals surface area contributed by atoms with Crippen LogP contribution in [0, 0.1) is 12.8 Å². The number of hydrogen-bond acceptors (Lipinski definition) is 4. The number of benzene rings is 2. The molecule has 0 heterocycles. The molecule has 2 rings (SSSR count). The zero-order valence-electron chi connectivity index (χ0n) is 18.0. The number of hydrogen-bond donors (Lipinski definition) is 1. The molecule has 4 nitrogen and oxygen atoms in total. The van der Waals surface area contributed by atoms with Crippen molar-refractivity contribution in [3.63, 3.8) is 0 Å². The van der Waals surface area contributed by atoms with Crippen molar-refractivity contribution in [3.8, 4) is 11.5 Å². The number of rotatable bonds is 10. The number of carbonyl (C=O) groups is 1. The Morgan fingerprint density at radius 3 is 2.29 bits per heavy atom. The molecular weight excluding hydrogens is 429 g/mol. The summed E-state index contributed by atoms with van der Waals surface area (Å²) in [5.74, 6) is 0.889. The molecule has 31 heavy (non-hydrogen) atoms. The highest BCUT2D eigenvalue weighted by Gasteiger charge is 2.30. The molecule has 0 saturated carbocycles. The van der Waals surface area contributed by atoms with E-state index in [1.54, 1.807) is 17.8 Å². The minimum absolute atomic E-state index is 0.217. The van der Waals surface area contributed by atoms with E-state index in [-0.39, 0.29) is 5.92 Å². The molecule has 0 radical (unpaired) electrons. The number of thioether (sulfide) groups is 1. The van der Waals surface area contributed by atoms with Gasteiger partial charge in [-0.15, -0.1) is 11.8 Å². The molecule has 8 heteroatoms. The number of alkyl halides is 3. The van der Waals surface area contributed by atoms with E-state index in [0.717, 1.165) is 34.8 Å². The third-order valence-electron chi connectivity index (χ3n) is 4.76. The van der Waals surface area contributed by atoms with E-state index in [2.05, 4.69) is 0 Å². The maximum Gasteiger partial charge on any atom is 0.416 e. The van der Waals surface area contributed by atoms with Crippen LogP contribution in [0.25, 0.3) is 0 Å². The van der Waals surface area contributed by atoms with Gasteiger partial charge in [0, 0.05) is 16.6 Å². The van der Waals surface area contributed by atoms with Crippen LogP contribution in [-0.2, 0) is 11.0 Å². The molecule has 1 N–H and O–H groups in total. The molecule has 0 spiro atoms. The Bertz CT molecular complexity index is 879. The monoisotopic (exact) mass is 456 g/mol. The number of carboxylic acids is 1. The Kier molecular flexibility index (Phi) is 8.28. The van der Waals surface area contributed by atoms with Gasteiger partial charge in [-0.05, 0) is 75.2 Å². The standard InChI is InChI=1S/C23H27F3O4S/c1-5-16(13-29-18-8-6-17(7-9-18)23(24,25)26)14-31-19-10-11-20(15(2)12-19)30-22(3,4)21(27)28/h6-12,16H,5,13-14H2,1-4H3,(H,27,28). The molecule has 1 unspecified atom stereocenters. The van der Waals surface area contributed by atoms with Gasteiger partial charge in [0.1, 0.15) is 11.5 Å². The van der Waals surface area contributed by atoms with Crippen LogP contribution in [0.4, 0.5) is 13.2 Å². The molecule has 0 fully saturated rings. The van der Waals surface area contributed by atoms with Crippen LogP contribution >= 0.6 is 11.8 Å². The van der Waals surface area contributed by atoms with Gasteiger partial charge < -0.3 is 14.6 Å². The highest BCUT2D eigenvalue weighted by Crippen LogP contribution is 2.31. The first-order valence-electron chi connectivity index (χ1n) is 9.88. The molecule has 0 aliphatic rings. The predicted molar refractivity (Wildman–Crippen MR) is 115 cm³/mol. The Hall–Kier alpha value is -2.35. The predicted octanol–water partition coefficient (Wildman–Crippen LogP) is 6.45. The summed E-state index contributed by atoms with van der Waals surface area (Å²) >= 11 is 1.64.